The minimum absolute atomic E-state index is 0.0238. The molecule has 1 unspecified atom stereocenters. The van der Waals surface area contributed by atoms with Crippen LogP contribution in [0.1, 0.15) is 46.7 Å². The molecule has 1 atom stereocenters. The summed E-state index contributed by atoms with van der Waals surface area (Å²) in [4.78, 5) is 4.42. The number of hydrogen-bond donors (Lipinski definition) is 1. The van der Waals surface area contributed by atoms with Crippen LogP contribution in [0.2, 0.25) is 0 Å². The number of fused-ring (bicyclic) bond motifs is 1. The van der Waals surface area contributed by atoms with Crippen molar-refractivity contribution in [1.82, 2.24) is 14.6 Å². The zero-order valence-electron chi connectivity index (χ0n) is 13.5. The Bertz CT molecular complexity index is 598. The van der Waals surface area contributed by atoms with E-state index in [1.165, 1.54) is 0 Å². The predicted octanol–water partition coefficient (Wildman–Crippen LogP) is 4.09. The number of nitrogens with one attached hydrogen (secondary N) is 1. The third-order valence-electron chi connectivity index (χ3n) is 3.38. The van der Waals surface area contributed by atoms with Crippen LogP contribution in [-0.2, 0) is 5.41 Å². The molecule has 0 spiro atoms. The number of halogens is 1. The molecule has 2 heterocycles. The second-order valence-electron chi connectivity index (χ2n) is 6.99. The van der Waals surface area contributed by atoms with E-state index in [-0.39, 0.29) is 10.8 Å². The maximum absolute atomic E-state index is 6.34. The van der Waals surface area contributed by atoms with Gasteiger partial charge in [0.15, 0.2) is 5.82 Å². The smallest absolute Gasteiger partial charge is 0.152 e. The fourth-order valence-corrected chi connectivity index (χ4v) is 2.66. The van der Waals surface area contributed by atoms with E-state index in [9.17, 15) is 0 Å². The Kier molecular flexibility index (Phi) is 4.77. The van der Waals surface area contributed by atoms with Crippen molar-refractivity contribution in [3.8, 4) is 0 Å². The van der Waals surface area contributed by atoms with Crippen molar-refractivity contribution in [2.75, 3.05) is 11.9 Å². The van der Waals surface area contributed by atoms with Gasteiger partial charge in [0, 0.05) is 24.4 Å². The normalized spacial score (nSPS) is 13.9. The molecule has 116 valence electrons. The van der Waals surface area contributed by atoms with E-state index in [1.807, 2.05) is 10.7 Å². The Labute approximate surface area is 131 Å². The number of alkyl halides is 1. The van der Waals surface area contributed by atoms with Crippen LogP contribution in [0.4, 0.5) is 5.82 Å². The van der Waals surface area contributed by atoms with Gasteiger partial charge in [-0.25, -0.2) is 9.50 Å². The molecule has 0 saturated heterocycles. The predicted molar refractivity (Wildman–Crippen MR) is 89.3 cm³/mol. The van der Waals surface area contributed by atoms with Crippen molar-refractivity contribution in [2.45, 2.75) is 51.8 Å². The van der Waals surface area contributed by atoms with Gasteiger partial charge in [-0.3, -0.25) is 0 Å². The maximum atomic E-state index is 6.34. The van der Waals surface area contributed by atoms with Gasteiger partial charge >= 0.3 is 0 Å². The minimum atomic E-state index is 0.0238. The molecule has 2 aromatic heterocycles. The lowest BCUT2D eigenvalue weighted by Crippen LogP contribution is -2.17. The highest BCUT2D eigenvalue weighted by atomic mass is 35.5. The van der Waals surface area contributed by atoms with Gasteiger partial charge in [0.1, 0.15) is 5.52 Å². The van der Waals surface area contributed by atoms with E-state index >= 15 is 0 Å². The highest BCUT2D eigenvalue weighted by Crippen LogP contribution is 2.24. The van der Waals surface area contributed by atoms with Crippen LogP contribution in [0, 0.1) is 5.92 Å². The van der Waals surface area contributed by atoms with E-state index in [1.54, 1.807) is 6.20 Å². The van der Waals surface area contributed by atoms with Crippen molar-refractivity contribution in [1.29, 1.82) is 0 Å². The summed E-state index contributed by atoms with van der Waals surface area (Å²) in [7, 11) is 0. The number of anilines is 1. The molecular weight excluding hydrogens is 284 g/mol. The zero-order chi connectivity index (χ0) is 15.6. The average molecular weight is 309 g/mol. The maximum Gasteiger partial charge on any atom is 0.152 e. The summed E-state index contributed by atoms with van der Waals surface area (Å²) in [5.41, 5.74) is 2.08. The Morgan fingerprint density at radius 2 is 2.05 bits per heavy atom. The van der Waals surface area contributed by atoms with Crippen LogP contribution in [0.3, 0.4) is 0 Å². The van der Waals surface area contributed by atoms with Crippen molar-refractivity contribution >= 4 is 22.9 Å². The Hall–Kier alpha value is -1.29. The topological polar surface area (TPSA) is 42.2 Å². The second-order valence-corrected chi connectivity index (χ2v) is 7.61. The minimum Gasteiger partial charge on any atom is -0.367 e. The first-order chi connectivity index (χ1) is 9.77. The lowest BCUT2D eigenvalue weighted by molar-refractivity contribution is 0.562. The molecule has 0 aliphatic rings. The lowest BCUT2D eigenvalue weighted by atomic mass is 9.92. The molecule has 4 nitrogen and oxygen atoms in total. The molecular formula is C16H25ClN4. The van der Waals surface area contributed by atoms with Gasteiger partial charge in [-0.05, 0) is 18.4 Å². The van der Waals surface area contributed by atoms with Crippen LogP contribution >= 0.6 is 11.6 Å². The molecule has 0 aliphatic heterocycles. The van der Waals surface area contributed by atoms with Crippen LogP contribution in [0.25, 0.3) is 5.52 Å². The summed E-state index contributed by atoms with van der Waals surface area (Å²) in [6.07, 6.45) is 4.63. The quantitative estimate of drug-likeness (QED) is 0.846. The van der Waals surface area contributed by atoms with Crippen LogP contribution in [0.15, 0.2) is 18.5 Å². The van der Waals surface area contributed by atoms with Crippen LogP contribution in [-0.4, -0.2) is 26.5 Å². The molecule has 0 amide bonds. The van der Waals surface area contributed by atoms with E-state index in [0.717, 1.165) is 23.4 Å². The van der Waals surface area contributed by atoms with Gasteiger partial charge in [0.25, 0.3) is 0 Å². The summed E-state index contributed by atoms with van der Waals surface area (Å²) in [6, 6.07) is 2.10. The molecule has 5 heteroatoms. The van der Waals surface area contributed by atoms with Crippen LogP contribution in [0.5, 0.6) is 0 Å². The zero-order valence-corrected chi connectivity index (χ0v) is 14.3. The SMILES string of the molecule is CC(C)CC(Cl)CNc1nccn2nc(C(C)(C)C)cc12. The summed E-state index contributed by atoms with van der Waals surface area (Å²) >= 11 is 6.34. The third-order valence-corrected chi connectivity index (χ3v) is 3.71. The largest absolute Gasteiger partial charge is 0.367 e. The first-order valence-electron chi connectivity index (χ1n) is 7.50. The first kappa shape index (κ1) is 16.1. The number of nitrogens with zero attached hydrogens (tertiary/aromatic N) is 3. The lowest BCUT2D eigenvalue weighted by Gasteiger charge is -2.14. The average Bonchev–Trinajstić information content (AvgIpc) is 2.79. The van der Waals surface area contributed by atoms with Gasteiger partial charge in [0.2, 0.25) is 0 Å². The molecule has 0 aromatic carbocycles. The van der Waals surface area contributed by atoms with Gasteiger partial charge in [0.05, 0.1) is 11.1 Å². The van der Waals surface area contributed by atoms with Crippen molar-refractivity contribution < 1.29 is 0 Å². The van der Waals surface area contributed by atoms with E-state index in [4.69, 9.17) is 11.6 Å². The fraction of sp³-hybridized carbons (Fsp3) is 0.625. The monoisotopic (exact) mass is 308 g/mol. The summed E-state index contributed by atoms with van der Waals surface area (Å²) < 4.78 is 1.88. The van der Waals surface area contributed by atoms with Crippen molar-refractivity contribution in [3.63, 3.8) is 0 Å². The highest BCUT2D eigenvalue weighted by Gasteiger charge is 2.19. The van der Waals surface area contributed by atoms with E-state index in [2.05, 4.69) is 56.1 Å². The number of hydrogen-bond acceptors (Lipinski definition) is 3. The number of aromatic nitrogens is 3. The molecule has 0 saturated carbocycles. The third kappa shape index (κ3) is 4.10. The molecule has 0 aliphatic carbocycles. The summed E-state index contributed by atoms with van der Waals surface area (Å²) in [6.45, 7) is 11.6. The summed E-state index contributed by atoms with van der Waals surface area (Å²) in [5.74, 6) is 1.44. The molecule has 21 heavy (non-hydrogen) atoms. The van der Waals surface area contributed by atoms with Crippen LogP contribution < -0.4 is 5.32 Å². The van der Waals surface area contributed by atoms with Gasteiger partial charge in [-0.2, -0.15) is 5.10 Å². The number of rotatable bonds is 5. The van der Waals surface area contributed by atoms with Crippen molar-refractivity contribution in [3.05, 3.63) is 24.2 Å². The molecule has 2 aromatic rings. The molecule has 1 N–H and O–H groups in total. The first-order valence-corrected chi connectivity index (χ1v) is 7.94. The highest BCUT2D eigenvalue weighted by molar-refractivity contribution is 6.20. The Morgan fingerprint density at radius 1 is 1.33 bits per heavy atom. The molecule has 0 fully saturated rings. The Balaban J connectivity index is 2.18. The van der Waals surface area contributed by atoms with E-state index < -0.39 is 0 Å². The van der Waals surface area contributed by atoms with Gasteiger partial charge in [-0.15, -0.1) is 11.6 Å². The van der Waals surface area contributed by atoms with Gasteiger partial charge < -0.3 is 5.32 Å². The van der Waals surface area contributed by atoms with Gasteiger partial charge in [-0.1, -0.05) is 34.6 Å². The summed E-state index contributed by atoms with van der Waals surface area (Å²) in [5, 5.41) is 8.09. The molecule has 0 radical (unpaired) electrons. The standard InChI is InChI=1S/C16H25ClN4/c1-11(2)8-12(17)10-19-15-13-9-14(16(3,4)5)20-21(13)7-6-18-15/h6-7,9,11-12H,8,10H2,1-5H3,(H,18,19). The van der Waals surface area contributed by atoms with Crippen molar-refractivity contribution in [2.24, 2.45) is 5.92 Å². The molecule has 2 rings (SSSR count). The fourth-order valence-electron chi connectivity index (χ4n) is 2.23. The Morgan fingerprint density at radius 3 is 2.67 bits per heavy atom. The van der Waals surface area contributed by atoms with E-state index in [0.29, 0.717) is 12.5 Å². The molecule has 0 bridgehead atoms. The second kappa shape index (κ2) is 6.22.